The van der Waals surface area contributed by atoms with E-state index in [1.807, 2.05) is 37.4 Å². The first-order valence-corrected chi connectivity index (χ1v) is 10.0. The van der Waals surface area contributed by atoms with Crippen molar-refractivity contribution in [3.05, 3.63) is 57.4 Å². The van der Waals surface area contributed by atoms with E-state index in [-0.39, 0.29) is 5.91 Å². The fourth-order valence-electron chi connectivity index (χ4n) is 4.02. The van der Waals surface area contributed by atoms with Crippen molar-refractivity contribution in [2.24, 2.45) is 0 Å². The third-order valence-electron chi connectivity index (χ3n) is 5.36. The van der Waals surface area contributed by atoms with E-state index >= 15 is 0 Å². The molecule has 3 aromatic rings. The number of aryl methyl sites for hydroxylation is 1. The van der Waals surface area contributed by atoms with E-state index in [0.717, 1.165) is 63.9 Å². The number of amides is 1. The van der Waals surface area contributed by atoms with Gasteiger partial charge in [-0.2, -0.15) is 0 Å². The van der Waals surface area contributed by atoms with Crippen molar-refractivity contribution in [3.63, 3.8) is 0 Å². The van der Waals surface area contributed by atoms with Crippen molar-refractivity contribution < 1.29 is 9.90 Å². The second kappa shape index (κ2) is 6.89. The molecule has 1 aliphatic carbocycles. The topological polar surface area (TPSA) is 65.1 Å². The van der Waals surface area contributed by atoms with Gasteiger partial charge in [0.2, 0.25) is 0 Å². The zero-order valence-electron chi connectivity index (χ0n) is 15.0. The molecule has 1 fully saturated rings. The highest BCUT2D eigenvalue weighted by Crippen LogP contribution is 2.42. The highest BCUT2D eigenvalue weighted by atomic mass is 32.1. The van der Waals surface area contributed by atoms with Crippen LogP contribution in [0.5, 0.6) is 0 Å². The number of thiophene rings is 1. The van der Waals surface area contributed by atoms with Gasteiger partial charge in [0, 0.05) is 28.5 Å². The summed E-state index contributed by atoms with van der Waals surface area (Å²) in [4.78, 5) is 17.4. The lowest BCUT2D eigenvalue weighted by Crippen LogP contribution is -2.25. The SMILES string of the molecule is Cc1ccc(C(=O)NCCc2c[nH]c3cccc(C4(O)CCCC4)c23)s1. The molecule has 0 atom stereocenters. The zero-order chi connectivity index (χ0) is 18.1. The smallest absolute Gasteiger partial charge is 0.261 e. The summed E-state index contributed by atoms with van der Waals surface area (Å²) in [6.07, 6.45) is 6.54. The predicted octanol–water partition coefficient (Wildman–Crippen LogP) is 4.27. The van der Waals surface area contributed by atoms with E-state index in [1.54, 1.807) is 0 Å². The van der Waals surface area contributed by atoms with Crippen LogP contribution in [0.15, 0.2) is 36.5 Å². The van der Waals surface area contributed by atoms with Gasteiger partial charge < -0.3 is 15.4 Å². The molecule has 4 rings (SSSR count). The molecule has 1 aromatic carbocycles. The first-order valence-electron chi connectivity index (χ1n) is 9.23. The third kappa shape index (κ3) is 3.17. The lowest BCUT2D eigenvalue weighted by molar-refractivity contribution is 0.0460. The van der Waals surface area contributed by atoms with E-state index in [0.29, 0.717) is 6.54 Å². The van der Waals surface area contributed by atoms with Crippen LogP contribution < -0.4 is 5.32 Å². The van der Waals surface area contributed by atoms with Crippen LogP contribution in [0.25, 0.3) is 10.9 Å². The van der Waals surface area contributed by atoms with Crippen LogP contribution in [-0.2, 0) is 12.0 Å². The second-order valence-electron chi connectivity index (χ2n) is 7.20. The van der Waals surface area contributed by atoms with Crippen LogP contribution in [0.4, 0.5) is 0 Å². The number of benzene rings is 1. The molecule has 4 nitrogen and oxygen atoms in total. The maximum Gasteiger partial charge on any atom is 0.261 e. The maximum absolute atomic E-state index is 12.2. The molecule has 1 aliphatic rings. The maximum atomic E-state index is 12.2. The summed E-state index contributed by atoms with van der Waals surface area (Å²) in [5.74, 6) is -0.0161. The molecule has 0 bridgehead atoms. The number of rotatable bonds is 5. The van der Waals surface area contributed by atoms with Crippen molar-refractivity contribution >= 4 is 28.1 Å². The van der Waals surface area contributed by atoms with Crippen molar-refractivity contribution in [1.29, 1.82) is 0 Å². The van der Waals surface area contributed by atoms with E-state index in [1.165, 1.54) is 11.3 Å². The normalized spacial score (nSPS) is 16.2. The van der Waals surface area contributed by atoms with Gasteiger partial charge in [0.1, 0.15) is 0 Å². The second-order valence-corrected chi connectivity index (χ2v) is 8.48. The Labute approximate surface area is 157 Å². The molecule has 2 aromatic heterocycles. The van der Waals surface area contributed by atoms with Crippen LogP contribution in [0.3, 0.4) is 0 Å². The Morgan fingerprint density at radius 2 is 2.08 bits per heavy atom. The summed E-state index contributed by atoms with van der Waals surface area (Å²) >= 11 is 1.51. The lowest BCUT2D eigenvalue weighted by Gasteiger charge is -2.24. The molecule has 3 N–H and O–H groups in total. The average Bonchev–Trinajstić information content (AvgIpc) is 3.35. The number of aromatic amines is 1. The quantitative estimate of drug-likeness (QED) is 0.630. The first-order chi connectivity index (χ1) is 12.6. The number of nitrogens with one attached hydrogen (secondary N) is 2. The fraction of sp³-hybridized carbons (Fsp3) is 0.381. The molecule has 0 unspecified atom stereocenters. The van der Waals surface area contributed by atoms with Crippen molar-refractivity contribution in [3.8, 4) is 0 Å². The summed E-state index contributed by atoms with van der Waals surface area (Å²) < 4.78 is 0. The number of aliphatic hydroxyl groups is 1. The Morgan fingerprint density at radius 3 is 2.81 bits per heavy atom. The highest BCUT2D eigenvalue weighted by molar-refractivity contribution is 7.13. The third-order valence-corrected chi connectivity index (χ3v) is 6.36. The Kier molecular flexibility index (Phi) is 4.59. The Morgan fingerprint density at radius 1 is 1.27 bits per heavy atom. The van der Waals surface area contributed by atoms with Crippen LogP contribution in [-0.4, -0.2) is 22.5 Å². The number of carbonyl (C=O) groups is 1. The molecule has 0 saturated heterocycles. The number of carbonyl (C=O) groups excluding carboxylic acids is 1. The van der Waals surface area contributed by atoms with Crippen LogP contribution >= 0.6 is 11.3 Å². The molecule has 0 aliphatic heterocycles. The fourth-order valence-corrected chi connectivity index (χ4v) is 4.81. The minimum absolute atomic E-state index is 0.0161. The molecule has 136 valence electrons. The van der Waals surface area contributed by atoms with Gasteiger partial charge in [0.15, 0.2) is 0 Å². The van der Waals surface area contributed by atoms with Crippen molar-refractivity contribution in [2.45, 2.75) is 44.6 Å². The monoisotopic (exact) mass is 368 g/mol. The Hall–Kier alpha value is -2.11. The van der Waals surface area contributed by atoms with E-state index in [4.69, 9.17) is 0 Å². The summed E-state index contributed by atoms with van der Waals surface area (Å²) in [5, 5.41) is 15.2. The van der Waals surface area contributed by atoms with Gasteiger partial charge in [-0.25, -0.2) is 0 Å². The molecule has 5 heteroatoms. The van der Waals surface area contributed by atoms with E-state index in [2.05, 4.69) is 16.4 Å². The largest absolute Gasteiger partial charge is 0.385 e. The number of hydrogen-bond donors (Lipinski definition) is 3. The van der Waals surface area contributed by atoms with Gasteiger partial charge in [0.25, 0.3) is 5.91 Å². The number of fused-ring (bicyclic) bond motifs is 1. The zero-order valence-corrected chi connectivity index (χ0v) is 15.8. The summed E-state index contributed by atoms with van der Waals surface area (Å²) in [7, 11) is 0. The molecule has 1 amide bonds. The van der Waals surface area contributed by atoms with Gasteiger partial charge in [0.05, 0.1) is 10.5 Å². The van der Waals surface area contributed by atoms with Crippen LogP contribution in [0.2, 0.25) is 0 Å². The molecule has 1 saturated carbocycles. The number of H-pyrrole nitrogens is 1. The van der Waals surface area contributed by atoms with Crippen LogP contribution in [0.1, 0.15) is 51.4 Å². The van der Waals surface area contributed by atoms with Gasteiger partial charge >= 0.3 is 0 Å². The van der Waals surface area contributed by atoms with Gasteiger partial charge in [-0.05, 0) is 55.5 Å². The van der Waals surface area contributed by atoms with E-state index in [9.17, 15) is 9.90 Å². The molecule has 26 heavy (non-hydrogen) atoms. The standard InChI is InChI=1S/C21H24N2O2S/c1-14-7-8-18(26-14)20(24)22-12-9-15-13-23-17-6-4-5-16(19(15)17)21(25)10-2-3-11-21/h4-8,13,23,25H,2-3,9-12H2,1H3,(H,22,24). The van der Waals surface area contributed by atoms with Gasteiger partial charge in [-0.3, -0.25) is 4.79 Å². The lowest BCUT2D eigenvalue weighted by atomic mass is 9.88. The van der Waals surface area contributed by atoms with Crippen LogP contribution in [0, 0.1) is 6.92 Å². The predicted molar refractivity (Wildman–Crippen MR) is 106 cm³/mol. The minimum atomic E-state index is -0.714. The Bertz CT molecular complexity index is 935. The highest BCUT2D eigenvalue weighted by Gasteiger charge is 2.34. The van der Waals surface area contributed by atoms with Gasteiger partial charge in [-0.15, -0.1) is 11.3 Å². The first kappa shape index (κ1) is 17.3. The van der Waals surface area contributed by atoms with E-state index < -0.39 is 5.60 Å². The Balaban J connectivity index is 1.53. The van der Waals surface area contributed by atoms with Gasteiger partial charge in [-0.1, -0.05) is 25.0 Å². The molecule has 0 radical (unpaired) electrons. The molecular formula is C21H24N2O2S. The summed E-state index contributed by atoms with van der Waals surface area (Å²) in [5.41, 5.74) is 2.52. The summed E-state index contributed by atoms with van der Waals surface area (Å²) in [6, 6.07) is 9.95. The molecular weight excluding hydrogens is 344 g/mol. The minimum Gasteiger partial charge on any atom is -0.385 e. The molecule has 0 spiro atoms. The number of hydrogen-bond acceptors (Lipinski definition) is 3. The molecule has 2 heterocycles. The average molecular weight is 369 g/mol. The van der Waals surface area contributed by atoms with Crippen molar-refractivity contribution in [2.75, 3.05) is 6.54 Å². The number of aromatic nitrogens is 1. The summed E-state index contributed by atoms with van der Waals surface area (Å²) in [6.45, 7) is 2.58. The van der Waals surface area contributed by atoms with Crippen molar-refractivity contribution in [1.82, 2.24) is 10.3 Å².